The maximum absolute atomic E-state index is 13.3. The van der Waals surface area contributed by atoms with E-state index in [9.17, 15) is 19.1 Å². The average molecular weight is 349 g/mol. The van der Waals surface area contributed by atoms with E-state index >= 15 is 0 Å². The summed E-state index contributed by atoms with van der Waals surface area (Å²) < 4.78 is 13.3. The van der Waals surface area contributed by atoms with E-state index < -0.39 is 6.10 Å². The Labute approximate surface area is 146 Å². The first kappa shape index (κ1) is 17.8. The number of benzene rings is 1. The highest BCUT2D eigenvalue weighted by Gasteiger charge is 2.38. The SMILES string of the molecule is CC(=O)N1CCN([C@@H]2CN(C(=O)Cc3cccc(F)c3)C[C@H]2O)CC1. The predicted molar refractivity (Wildman–Crippen MR) is 90.3 cm³/mol. The molecule has 1 aromatic carbocycles. The van der Waals surface area contributed by atoms with E-state index in [-0.39, 0.29) is 30.1 Å². The minimum absolute atomic E-state index is 0.0681. The van der Waals surface area contributed by atoms with E-state index in [0.29, 0.717) is 44.8 Å². The van der Waals surface area contributed by atoms with Crippen LogP contribution in [0.25, 0.3) is 0 Å². The molecule has 2 amide bonds. The molecule has 2 aliphatic heterocycles. The van der Waals surface area contributed by atoms with E-state index in [1.165, 1.54) is 12.1 Å². The van der Waals surface area contributed by atoms with Gasteiger partial charge < -0.3 is 14.9 Å². The number of β-amino-alcohol motifs (C(OH)–C–C–N with tert-alkyl or cyclic N) is 1. The zero-order chi connectivity index (χ0) is 18.0. The van der Waals surface area contributed by atoms with Crippen molar-refractivity contribution in [1.82, 2.24) is 14.7 Å². The quantitative estimate of drug-likeness (QED) is 0.841. The molecule has 0 radical (unpaired) electrons. The number of carbonyl (C=O) groups excluding carboxylic acids is 2. The molecular formula is C18H24FN3O3. The van der Waals surface area contributed by atoms with Crippen molar-refractivity contribution in [3.05, 3.63) is 35.6 Å². The Morgan fingerprint density at radius 1 is 1.16 bits per heavy atom. The number of piperazine rings is 1. The molecule has 0 unspecified atom stereocenters. The van der Waals surface area contributed by atoms with Gasteiger partial charge in [-0.3, -0.25) is 14.5 Å². The third-order valence-corrected chi connectivity index (χ3v) is 5.08. The largest absolute Gasteiger partial charge is 0.390 e. The summed E-state index contributed by atoms with van der Waals surface area (Å²) in [6, 6.07) is 5.93. The molecule has 6 nitrogen and oxygen atoms in total. The first-order chi connectivity index (χ1) is 11.9. The topological polar surface area (TPSA) is 64.1 Å². The number of halogens is 1. The molecule has 136 valence electrons. The Morgan fingerprint density at radius 2 is 1.88 bits per heavy atom. The van der Waals surface area contributed by atoms with Gasteiger partial charge in [-0.15, -0.1) is 0 Å². The van der Waals surface area contributed by atoms with Crippen LogP contribution in [-0.2, 0) is 16.0 Å². The zero-order valence-corrected chi connectivity index (χ0v) is 14.4. The second-order valence-electron chi connectivity index (χ2n) is 6.78. The fourth-order valence-electron chi connectivity index (χ4n) is 3.63. The van der Waals surface area contributed by atoms with Crippen molar-refractivity contribution in [1.29, 1.82) is 0 Å². The lowest BCUT2D eigenvalue weighted by Gasteiger charge is -2.38. The highest BCUT2D eigenvalue weighted by Crippen LogP contribution is 2.19. The third kappa shape index (κ3) is 4.16. The maximum atomic E-state index is 13.3. The van der Waals surface area contributed by atoms with E-state index in [1.54, 1.807) is 28.9 Å². The molecular weight excluding hydrogens is 325 g/mol. The molecule has 0 spiro atoms. The van der Waals surface area contributed by atoms with Crippen molar-refractivity contribution in [2.75, 3.05) is 39.3 Å². The fourth-order valence-corrected chi connectivity index (χ4v) is 3.63. The van der Waals surface area contributed by atoms with Crippen LogP contribution in [-0.4, -0.2) is 83.0 Å². The molecule has 0 aromatic heterocycles. The maximum Gasteiger partial charge on any atom is 0.227 e. The summed E-state index contributed by atoms with van der Waals surface area (Å²) in [5.74, 6) is -0.388. The van der Waals surface area contributed by atoms with Crippen molar-refractivity contribution in [2.45, 2.75) is 25.5 Å². The fraction of sp³-hybridized carbons (Fsp3) is 0.556. The molecule has 0 saturated carbocycles. The van der Waals surface area contributed by atoms with Gasteiger partial charge in [-0.2, -0.15) is 0 Å². The summed E-state index contributed by atoms with van der Waals surface area (Å²) in [5, 5.41) is 10.4. The van der Waals surface area contributed by atoms with Crippen LogP contribution in [0.1, 0.15) is 12.5 Å². The van der Waals surface area contributed by atoms with Crippen molar-refractivity contribution in [3.8, 4) is 0 Å². The Hall–Kier alpha value is -1.99. The number of likely N-dealkylation sites (tertiary alicyclic amines) is 1. The number of nitrogens with zero attached hydrogens (tertiary/aromatic N) is 3. The minimum atomic E-state index is -0.597. The van der Waals surface area contributed by atoms with Gasteiger partial charge in [0, 0.05) is 46.2 Å². The zero-order valence-electron chi connectivity index (χ0n) is 14.4. The Kier molecular flexibility index (Phi) is 5.34. The lowest BCUT2D eigenvalue weighted by molar-refractivity contribution is -0.131. The second-order valence-corrected chi connectivity index (χ2v) is 6.78. The molecule has 1 N–H and O–H groups in total. The smallest absolute Gasteiger partial charge is 0.227 e. The van der Waals surface area contributed by atoms with E-state index in [4.69, 9.17) is 0 Å². The van der Waals surface area contributed by atoms with Gasteiger partial charge in [0.1, 0.15) is 5.82 Å². The molecule has 2 aliphatic rings. The number of carbonyl (C=O) groups is 2. The number of hydrogen-bond acceptors (Lipinski definition) is 4. The molecule has 1 aromatic rings. The summed E-state index contributed by atoms with van der Waals surface area (Å²) in [7, 11) is 0. The van der Waals surface area contributed by atoms with E-state index in [2.05, 4.69) is 4.90 Å². The molecule has 2 heterocycles. The highest BCUT2D eigenvalue weighted by atomic mass is 19.1. The molecule has 2 saturated heterocycles. The molecule has 3 rings (SSSR count). The standard InChI is InChI=1S/C18H24FN3O3/c1-13(23)20-5-7-21(8-6-20)16-11-22(12-17(16)24)18(25)10-14-3-2-4-15(19)9-14/h2-4,9,16-17,24H,5-8,10-12H2,1H3/t16-,17-/m1/s1. The van der Waals surface area contributed by atoms with Gasteiger partial charge in [0.25, 0.3) is 0 Å². The molecule has 25 heavy (non-hydrogen) atoms. The van der Waals surface area contributed by atoms with Crippen LogP contribution in [0.2, 0.25) is 0 Å². The van der Waals surface area contributed by atoms with Gasteiger partial charge in [0.05, 0.1) is 18.6 Å². The van der Waals surface area contributed by atoms with Gasteiger partial charge in [0.2, 0.25) is 11.8 Å². The van der Waals surface area contributed by atoms with Crippen molar-refractivity contribution in [3.63, 3.8) is 0 Å². The molecule has 2 atom stereocenters. The number of hydrogen-bond donors (Lipinski definition) is 1. The highest BCUT2D eigenvalue weighted by molar-refractivity contribution is 5.79. The number of aliphatic hydroxyl groups excluding tert-OH is 1. The van der Waals surface area contributed by atoms with Gasteiger partial charge in [-0.05, 0) is 17.7 Å². The first-order valence-corrected chi connectivity index (χ1v) is 8.64. The van der Waals surface area contributed by atoms with Gasteiger partial charge in [-0.1, -0.05) is 12.1 Å². The van der Waals surface area contributed by atoms with Crippen LogP contribution in [0.15, 0.2) is 24.3 Å². The van der Waals surface area contributed by atoms with Gasteiger partial charge in [0.15, 0.2) is 0 Å². The van der Waals surface area contributed by atoms with Gasteiger partial charge >= 0.3 is 0 Å². The molecule has 0 aliphatic carbocycles. The monoisotopic (exact) mass is 349 g/mol. The second kappa shape index (κ2) is 7.49. The summed E-state index contributed by atoms with van der Waals surface area (Å²) in [5.41, 5.74) is 0.637. The summed E-state index contributed by atoms with van der Waals surface area (Å²) in [6.07, 6.45) is -0.463. The Morgan fingerprint density at radius 3 is 2.52 bits per heavy atom. The Balaban J connectivity index is 1.56. The normalized spacial score (nSPS) is 24.6. The van der Waals surface area contributed by atoms with Crippen LogP contribution >= 0.6 is 0 Å². The number of amides is 2. The summed E-state index contributed by atoms with van der Waals surface area (Å²) >= 11 is 0. The summed E-state index contributed by atoms with van der Waals surface area (Å²) in [4.78, 5) is 29.5. The van der Waals surface area contributed by atoms with E-state index in [0.717, 1.165) is 0 Å². The number of aliphatic hydroxyl groups is 1. The van der Waals surface area contributed by atoms with Crippen LogP contribution in [0.4, 0.5) is 4.39 Å². The summed E-state index contributed by atoms with van der Waals surface area (Å²) in [6.45, 7) is 5.03. The molecule has 0 bridgehead atoms. The van der Waals surface area contributed by atoms with Crippen molar-refractivity contribution >= 4 is 11.8 Å². The van der Waals surface area contributed by atoms with Crippen molar-refractivity contribution < 1.29 is 19.1 Å². The lowest BCUT2D eigenvalue weighted by Crippen LogP contribution is -2.54. The van der Waals surface area contributed by atoms with Crippen molar-refractivity contribution in [2.24, 2.45) is 0 Å². The average Bonchev–Trinajstić information content (AvgIpc) is 2.97. The molecule has 7 heteroatoms. The van der Waals surface area contributed by atoms with Gasteiger partial charge in [-0.25, -0.2) is 4.39 Å². The van der Waals surface area contributed by atoms with Crippen LogP contribution in [0.5, 0.6) is 0 Å². The first-order valence-electron chi connectivity index (χ1n) is 8.64. The Bertz CT molecular complexity index is 646. The van der Waals surface area contributed by atoms with Crippen LogP contribution < -0.4 is 0 Å². The predicted octanol–water partition coefficient (Wildman–Crippen LogP) is 0.104. The van der Waals surface area contributed by atoms with Crippen LogP contribution in [0, 0.1) is 5.82 Å². The number of rotatable bonds is 3. The van der Waals surface area contributed by atoms with Crippen LogP contribution in [0.3, 0.4) is 0 Å². The third-order valence-electron chi connectivity index (χ3n) is 5.08. The minimum Gasteiger partial charge on any atom is -0.390 e. The lowest BCUT2D eigenvalue weighted by atomic mass is 10.1. The van der Waals surface area contributed by atoms with E-state index in [1.807, 2.05) is 0 Å². The molecule has 2 fully saturated rings.